The molecule has 0 atom stereocenters. The molecule has 1 saturated heterocycles. The van der Waals surface area contributed by atoms with Crippen LogP contribution in [0.25, 0.3) is 0 Å². The molecule has 1 rings (SSSR count). The van der Waals surface area contributed by atoms with Gasteiger partial charge in [-0.1, -0.05) is 6.92 Å². The van der Waals surface area contributed by atoms with Crippen LogP contribution in [0.1, 0.15) is 40.5 Å². The first-order valence-corrected chi connectivity index (χ1v) is 7.93. The van der Waals surface area contributed by atoms with Crippen LogP contribution in [0.4, 0.5) is 0 Å². The van der Waals surface area contributed by atoms with Crippen molar-refractivity contribution in [3.63, 3.8) is 0 Å². The molecule has 1 N–H and O–H groups in total. The number of rotatable bonds is 4. The molecule has 0 radical (unpaired) electrons. The number of nitrogens with one attached hydrogen (secondary N) is 1. The molecule has 0 aromatic carbocycles. The molecule has 1 fully saturated rings. The summed E-state index contributed by atoms with van der Waals surface area (Å²) in [5, 5.41) is 3.33. The van der Waals surface area contributed by atoms with E-state index in [2.05, 4.69) is 12.2 Å². The van der Waals surface area contributed by atoms with E-state index >= 15 is 0 Å². The first kappa shape index (κ1) is 14.9. The summed E-state index contributed by atoms with van der Waals surface area (Å²) in [5.74, 6) is 0.626. The van der Waals surface area contributed by atoms with Gasteiger partial charge in [0.2, 0.25) is 10.0 Å². The average Bonchev–Trinajstić information content (AvgIpc) is 2.25. The highest BCUT2D eigenvalue weighted by Gasteiger charge is 2.36. The number of sulfonamides is 1. The molecule has 0 aliphatic carbocycles. The smallest absolute Gasteiger partial charge is 0.219 e. The van der Waals surface area contributed by atoms with E-state index in [1.807, 2.05) is 0 Å². The standard InChI is InChI=1S/C12H26N2O2S/c1-5-13-10-11-6-8-14(9-7-11)17(15,16)12(2,3)4/h11,13H,5-10H2,1-4H3. The summed E-state index contributed by atoms with van der Waals surface area (Å²) in [5.41, 5.74) is 0. The summed E-state index contributed by atoms with van der Waals surface area (Å²) in [6, 6.07) is 0. The first-order chi connectivity index (χ1) is 7.79. The van der Waals surface area contributed by atoms with Crippen molar-refractivity contribution >= 4 is 10.0 Å². The van der Waals surface area contributed by atoms with Crippen molar-refractivity contribution in [3.05, 3.63) is 0 Å². The Hall–Kier alpha value is -0.130. The molecule has 0 saturated carbocycles. The molecule has 1 aliphatic rings. The maximum Gasteiger partial charge on any atom is 0.219 e. The summed E-state index contributed by atoms with van der Waals surface area (Å²) in [7, 11) is -3.13. The van der Waals surface area contributed by atoms with Crippen LogP contribution in [-0.2, 0) is 10.0 Å². The molecule has 0 spiro atoms. The third kappa shape index (κ3) is 3.66. The largest absolute Gasteiger partial charge is 0.317 e. The van der Waals surface area contributed by atoms with Crippen LogP contribution >= 0.6 is 0 Å². The van der Waals surface area contributed by atoms with E-state index in [1.165, 1.54) is 0 Å². The van der Waals surface area contributed by atoms with E-state index in [9.17, 15) is 8.42 Å². The van der Waals surface area contributed by atoms with Gasteiger partial charge in [-0.15, -0.1) is 0 Å². The summed E-state index contributed by atoms with van der Waals surface area (Å²) < 4.78 is 25.5. The second-order valence-electron chi connectivity index (χ2n) is 5.77. The Morgan fingerprint density at radius 2 is 1.76 bits per heavy atom. The number of piperidine rings is 1. The third-order valence-electron chi connectivity index (χ3n) is 3.37. The van der Waals surface area contributed by atoms with Crippen LogP contribution in [-0.4, -0.2) is 43.6 Å². The van der Waals surface area contributed by atoms with Crippen molar-refractivity contribution < 1.29 is 8.42 Å². The fourth-order valence-corrected chi connectivity index (χ4v) is 3.56. The SMILES string of the molecule is CCNCC1CCN(S(=O)(=O)C(C)(C)C)CC1. The molecule has 102 valence electrons. The number of nitrogens with zero attached hydrogens (tertiary/aromatic N) is 1. The van der Waals surface area contributed by atoms with Gasteiger partial charge in [0.05, 0.1) is 4.75 Å². The van der Waals surface area contributed by atoms with Crippen molar-refractivity contribution in [2.45, 2.75) is 45.3 Å². The lowest BCUT2D eigenvalue weighted by Crippen LogP contribution is -2.47. The monoisotopic (exact) mass is 262 g/mol. The van der Waals surface area contributed by atoms with E-state index < -0.39 is 14.8 Å². The molecule has 4 nitrogen and oxygen atoms in total. The van der Waals surface area contributed by atoms with Gasteiger partial charge in [-0.25, -0.2) is 12.7 Å². The predicted octanol–water partition coefficient (Wildman–Crippen LogP) is 1.44. The van der Waals surface area contributed by atoms with Gasteiger partial charge >= 0.3 is 0 Å². The molecule has 17 heavy (non-hydrogen) atoms. The Bertz CT molecular complexity index is 325. The zero-order valence-electron chi connectivity index (χ0n) is 11.5. The number of hydrogen-bond acceptors (Lipinski definition) is 3. The highest BCUT2D eigenvalue weighted by molar-refractivity contribution is 7.90. The van der Waals surface area contributed by atoms with E-state index in [-0.39, 0.29) is 0 Å². The topological polar surface area (TPSA) is 49.4 Å². The lowest BCUT2D eigenvalue weighted by Gasteiger charge is -2.35. The van der Waals surface area contributed by atoms with Gasteiger partial charge in [0, 0.05) is 13.1 Å². The maximum absolute atomic E-state index is 12.2. The minimum absolute atomic E-state index is 0.626. The second-order valence-corrected chi connectivity index (χ2v) is 8.46. The minimum Gasteiger partial charge on any atom is -0.317 e. The predicted molar refractivity (Wildman–Crippen MR) is 71.5 cm³/mol. The molecule has 5 heteroatoms. The molecule has 1 aliphatic heterocycles. The zero-order valence-corrected chi connectivity index (χ0v) is 12.3. The molecule has 0 amide bonds. The van der Waals surface area contributed by atoms with Gasteiger partial charge in [-0.2, -0.15) is 0 Å². The van der Waals surface area contributed by atoms with Crippen molar-refractivity contribution in [1.82, 2.24) is 9.62 Å². The summed E-state index contributed by atoms with van der Waals surface area (Å²) in [4.78, 5) is 0. The van der Waals surface area contributed by atoms with Gasteiger partial charge in [-0.05, 0) is 52.6 Å². The normalized spacial score (nSPS) is 20.7. The van der Waals surface area contributed by atoms with Crippen LogP contribution in [0.2, 0.25) is 0 Å². The third-order valence-corrected chi connectivity index (χ3v) is 5.96. The van der Waals surface area contributed by atoms with Gasteiger partial charge < -0.3 is 5.32 Å². The molecule has 1 heterocycles. The van der Waals surface area contributed by atoms with E-state index in [4.69, 9.17) is 0 Å². The van der Waals surface area contributed by atoms with Crippen LogP contribution in [0.5, 0.6) is 0 Å². The fraction of sp³-hybridized carbons (Fsp3) is 1.00. The molecule has 0 bridgehead atoms. The maximum atomic E-state index is 12.2. The summed E-state index contributed by atoms with van der Waals surface area (Å²) in [6.45, 7) is 10.8. The molecular weight excluding hydrogens is 236 g/mol. The minimum atomic E-state index is -3.13. The van der Waals surface area contributed by atoms with Crippen LogP contribution in [0.15, 0.2) is 0 Å². The van der Waals surface area contributed by atoms with Crippen LogP contribution < -0.4 is 5.32 Å². The van der Waals surface area contributed by atoms with Crippen LogP contribution in [0.3, 0.4) is 0 Å². The Morgan fingerprint density at radius 1 is 1.24 bits per heavy atom. The van der Waals surface area contributed by atoms with E-state index in [0.29, 0.717) is 19.0 Å². The fourth-order valence-electron chi connectivity index (χ4n) is 2.09. The Morgan fingerprint density at radius 3 is 2.18 bits per heavy atom. The van der Waals surface area contributed by atoms with Crippen molar-refractivity contribution in [3.8, 4) is 0 Å². The van der Waals surface area contributed by atoms with E-state index in [0.717, 1.165) is 25.9 Å². The number of hydrogen-bond donors (Lipinski definition) is 1. The van der Waals surface area contributed by atoms with Crippen molar-refractivity contribution in [2.24, 2.45) is 5.92 Å². The molecular formula is C12H26N2O2S. The Kier molecular flexibility index (Phi) is 4.98. The zero-order chi connectivity index (χ0) is 13.1. The molecule has 0 aromatic rings. The van der Waals surface area contributed by atoms with Crippen LogP contribution in [0, 0.1) is 5.92 Å². The van der Waals surface area contributed by atoms with E-state index in [1.54, 1.807) is 25.1 Å². The van der Waals surface area contributed by atoms with Crippen molar-refractivity contribution in [2.75, 3.05) is 26.2 Å². The van der Waals surface area contributed by atoms with Crippen molar-refractivity contribution in [1.29, 1.82) is 0 Å². The quantitative estimate of drug-likeness (QED) is 0.834. The summed E-state index contributed by atoms with van der Waals surface area (Å²) in [6.07, 6.45) is 1.95. The average molecular weight is 262 g/mol. The van der Waals surface area contributed by atoms with Gasteiger partial charge in [-0.3, -0.25) is 0 Å². The summed E-state index contributed by atoms with van der Waals surface area (Å²) >= 11 is 0. The van der Waals surface area contributed by atoms with Gasteiger partial charge in [0.15, 0.2) is 0 Å². The highest BCUT2D eigenvalue weighted by atomic mass is 32.2. The highest BCUT2D eigenvalue weighted by Crippen LogP contribution is 2.25. The lowest BCUT2D eigenvalue weighted by molar-refractivity contribution is 0.264. The first-order valence-electron chi connectivity index (χ1n) is 6.49. The molecule has 0 aromatic heterocycles. The molecule has 0 unspecified atom stereocenters. The Balaban J connectivity index is 2.53. The second kappa shape index (κ2) is 5.67. The lowest BCUT2D eigenvalue weighted by atomic mass is 9.98. The van der Waals surface area contributed by atoms with Gasteiger partial charge in [0.25, 0.3) is 0 Å². The Labute approximate surface area is 106 Å². The van der Waals surface area contributed by atoms with Gasteiger partial charge in [0.1, 0.15) is 0 Å².